The SMILES string of the molecule is C[C@@H](c1ccccc1)N(C)c1nc(Cl)nc2c1ccn2[C@@H]1O[C@H](COCP(=O)(O)O)[C@@H](O)[C@H]1O. The summed E-state index contributed by atoms with van der Waals surface area (Å²) in [6.45, 7) is 1.73. The second-order valence-corrected chi connectivity index (χ2v) is 10.1. The molecule has 13 heteroatoms. The molecule has 0 amide bonds. The van der Waals surface area contributed by atoms with Crippen molar-refractivity contribution >= 4 is 36.0 Å². The summed E-state index contributed by atoms with van der Waals surface area (Å²) in [7, 11) is -2.47. The van der Waals surface area contributed by atoms with Gasteiger partial charge in [-0.15, -0.1) is 0 Å². The smallest absolute Gasteiger partial charge is 0.350 e. The molecule has 0 radical (unpaired) electrons. The van der Waals surface area contributed by atoms with Gasteiger partial charge in [0.15, 0.2) is 6.23 Å². The van der Waals surface area contributed by atoms with E-state index in [0.717, 1.165) is 5.56 Å². The fraction of sp³-hybridized carbons (Fsp3) is 0.429. The highest BCUT2D eigenvalue weighted by molar-refractivity contribution is 7.51. The van der Waals surface area contributed by atoms with Gasteiger partial charge in [0.1, 0.15) is 36.1 Å². The van der Waals surface area contributed by atoms with Crippen molar-refractivity contribution in [3.8, 4) is 0 Å². The number of aliphatic hydroxyl groups is 2. The Morgan fingerprint density at radius 3 is 2.59 bits per heavy atom. The van der Waals surface area contributed by atoms with Crippen LogP contribution in [-0.4, -0.2) is 72.8 Å². The van der Waals surface area contributed by atoms with Gasteiger partial charge in [-0.25, -0.2) is 0 Å². The summed E-state index contributed by atoms with van der Waals surface area (Å²) in [6, 6.07) is 11.7. The first kappa shape index (κ1) is 25.0. The summed E-state index contributed by atoms with van der Waals surface area (Å²) in [6.07, 6.45) is -3.85. The number of halogens is 1. The molecule has 0 unspecified atom stereocenters. The fourth-order valence-electron chi connectivity index (χ4n) is 3.99. The van der Waals surface area contributed by atoms with Gasteiger partial charge in [0.25, 0.3) is 0 Å². The lowest BCUT2D eigenvalue weighted by Gasteiger charge is -2.27. The van der Waals surface area contributed by atoms with Crippen molar-refractivity contribution in [3.63, 3.8) is 0 Å². The fourth-order valence-corrected chi connectivity index (χ4v) is 4.49. The standard InChI is InChI=1S/C21H26ClN4O7P/c1-12(13-6-4-3-5-7-13)25(2)18-14-8-9-26(19(14)24-21(22)23-18)20-17(28)16(27)15(33-20)10-32-11-34(29,30)31/h3-9,12,15-17,20,27-28H,10-11H2,1-2H3,(H2,29,30,31)/t12-,15+,16+,17+,20+/m0/s1. The number of benzene rings is 1. The van der Waals surface area contributed by atoms with Crippen molar-refractivity contribution in [1.29, 1.82) is 0 Å². The van der Waals surface area contributed by atoms with Gasteiger partial charge >= 0.3 is 7.60 Å². The minimum absolute atomic E-state index is 0.00382. The van der Waals surface area contributed by atoms with E-state index in [1.54, 1.807) is 16.8 Å². The van der Waals surface area contributed by atoms with Crippen LogP contribution in [0, 0.1) is 0 Å². The summed E-state index contributed by atoms with van der Waals surface area (Å²) in [5.41, 5.74) is 1.48. The molecule has 5 atom stereocenters. The molecule has 184 valence electrons. The topological polar surface area (TPSA) is 150 Å². The Morgan fingerprint density at radius 2 is 1.91 bits per heavy atom. The normalized spacial score (nSPS) is 24.0. The third kappa shape index (κ3) is 5.12. The maximum atomic E-state index is 11.0. The van der Waals surface area contributed by atoms with Crippen LogP contribution in [0.25, 0.3) is 11.0 Å². The minimum atomic E-state index is -4.37. The minimum Gasteiger partial charge on any atom is -0.387 e. The Bertz CT molecular complexity index is 1190. The van der Waals surface area contributed by atoms with E-state index in [4.69, 9.17) is 30.9 Å². The van der Waals surface area contributed by atoms with Crippen LogP contribution in [-0.2, 0) is 14.0 Å². The molecular weight excluding hydrogens is 487 g/mol. The van der Waals surface area contributed by atoms with Crippen LogP contribution in [0.1, 0.15) is 24.8 Å². The van der Waals surface area contributed by atoms with Crippen LogP contribution in [0.5, 0.6) is 0 Å². The molecule has 11 nitrogen and oxygen atoms in total. The van der Waals surface area contributed by atoms with Crippen LogP contribution < -0.4 is 4.90 Å². The van der Waals surface area contributed by atoms with Gasteiger partial charge in [0.05, 0.1) is 18.0 Å². The van der Waals surface area contributed by atoms with Crippen LogP contribution in [0.2, 0.25) is 5.28 Å². The molecule has 2 aromatic heterocycles. The maximum absolute atomic E-state index is 11.0. The zero-order valence-corrected chi connectivity index (χ0v) is 20.1. The zero-order valence-electron chi connectivity index (χ0n) is 18.5. The Labute approximate surface area is 200 Å². The molecular formula is C21H26ClN4O7P. The summed E-state index contributed by atoms with van der Waals surface area (Å²) in [5.74, 6) is 0.583. The lowest BCUT2D eigenvalue weighted by Crippen LogP contribution is -2.33. The van der Waals surface area contributed by atoms with E-state index < -0.39 is 38.5 Å². The number of hydrogen-bond acceptors (Lipinski definition) is 8. The second-order valence-electron chi connectivity index (χ2n) is 8.18. The summed E-state index contributed by atoms with van der Waals surface area (Å²) < 4.78 is 23.3. The zero-order chi connectivity index (χ0) is 24.6. The van der Waals surface area contributed by atoms with Gasteiger partial charge in [0.2, 0.25) is 5.28 Å². The van der Waals surface area contributed by atoms with Gasteiger partial charge in [-0.05, 0) is 30.2 Å². The quantitative estimate of drug-likeness (QED) is 0.261. The lowest BCUT2D eigenvalue weighted by atomic mass is 10.1. The average molecular weight is 513 g/mol. The molecule has 0 spiro atoms. The summed E-state index contributed by atoms with van der Waals surface area (Å²) in [5, 5.41) is 21.7. The molecule has 3 heterocycles. The molecule has 1 aliphatic rings. The highest BCUT2D eigenvalue weighted by Gasteiger charge is 2.44. The van der Waals surface area contributed by atoms with E-state index in [9.17, 15) is 14.8 Å². The van der Waals surface area contributed by atoms with Crippen LogP contribution >= 0.6 is 19.2 Å². The molecule has 34 heavy (non-hydrogen) atoms. The number of nitrogens with zero attached hydrogens (tertiary/aromatic N) is 4. The third-order valence-corrected chi connectivity index (χ3v) is 6.56. The Morgan fingerprint density at radius 1 is 1.21 bits per heavy atom. The average Bonchev–Trinajstić information content (AvgIpc) is 3.33. The Hall–Kier alpha value is -2.08. The van der Waals surface area contributed by atoms with Crippen molar-refractivity contribution in [3.05, 3.63) is 53.4 Å². The number of aliphatic hydroxyl groups excluding tert-OH is 2. The predicted molar refractivity (Wildman–Crippen MR) is 125 cm³/mol. The van der Waals surface area contributed by atoms with E-state index in [-0.39, 0.29) is 17.9 Å². The van der Waals surface area contributed by atoms with Gasteiger partial charge in [-0.3, -0.25) is 4.57 Å². The first-order valence-corrected chi connectivity index (χ1v) is 12.7. The second kappa shape index (κ2) is 9.88. The number of aromatic nitrogens is 3. The maximum Gasteiger partial charge on any atom is 0.350 e. The Balaban J connectivity index is 1.61. The Kier molecular flexibility index (Phi) is 7.28. The third-order valence-electron chi connectivity index (χ3n) is 5.87. The van der Waals surface area contributed by atoms with Crippen LogP contribution in [0.4, 0.5) is 5.82 Å². The molecule has 0 saturated carbocycles. The molecule has 4 rings (SSSR count). The largest absolute Gasteiger partial charge is 0.387 e. The van der Waals surface area contributed by atoms with Gasteiger partial charge in [-0.2, -0.15) is 9.97 Å². The van der Waals surface area contributed by atoms with Crippen LogP contribution in [0.15, 0.2) is 42.6 Å². The number of ether oxygens (including phenoxy) is 2. The molecule has 1 aliphatic heterocycles. The lowest BCUT2D eigenvalue weighted by molar-refractivity contribution is -0.0610. The highest BCUT2D eigenvalue weighted by Crippen LogP contribution is 2.37. The van der Waals surface area contributed by atoms with E-state index in [0.29, 0.717) is 16.9 Å². The number of fused-ring (bicyclic) bond motifs is 1. The summed E-state index contributed by atoms with van der Waals surface area (Å²) in [4.78, 5) is 28.6. The van der Waals surface area contributed by atoms with Gasteiger partial charge in [0, 0.05) is 13.2 Å². The van der Waals surface area contributed by atoms with E-state index >= 15 is 0 Å². The monoisotopic (exact) mass is 512 g/mol. The molecule has 1 saturated heterocycles. The number of rotatable bonds is 8. The molecule has 4 N–H and O–H groups in total. The molecule has 0 aliphatic carbocycles. The first-order valence-electron chi connectivity index (χ1n) is 10.5. The van der Waals surface area contributed by atoms with E-state index in [2.05, 4.69) is 9.97 Å². The van der Waals surface area contributed by atoms with Crippen molar-refractivity contribution < 1.29 is 34.0 Å². The first-order chi connectivity index (χ1) is 16.1. The molecule has 1 fully saturated rings. The highest BCUT2D eigenvalue weighted by atomic mass is 35.5. The van der Waals surface area contributed by atoms with Crippen LogP contribution in [0.3, 0.4) is 0 Å². The molecule has 0 bridgehead atoms. The van der Waals surface area contributed by atoms with Crippen molar-refractivity contribution in [1.82, 2.24) is 14.5 Å². The summed E-state index contributed by atoms with van der Waals surface area (Å²) >= 11 is 6.25. The van der Waals surface area contributed by atoms with Gasteiger partial charge in [-0.1, -0.05) is 30.3 Å². The number of hydrogen-bond donors (Lipinski definition) is 4. The predicted octanol–water partition coefficient (Wildman–Crippen LogP) is 2.05. The van der Waals surface area contributed by atoms with Crippen molar-refractivity contribution in [2.75, 3.05) is 24.9 Å². The number of anilines is 1. The van der Waals surface area contributed by atoms with Gasteiger partial charge < -0.3 is 38.9 Å². The molecule has 3 aromatic rings. The molecule has 1 aromatic carbocycles. The van der Waals surface area contributed by atoms with E-state index in [1.807, 2.05) is 49.2 Å². The van der Waals surface area contributed by atoms with Crippen molar-refractivity contribution in [2.45, 2.75) is 37.5 Å². The van der Waals surface area contributed by atoms with Crippen molar-refractivity contribution in [2.24, 2.45) is 0 Å². The van der Waals surface area contributed by atoms with E-state index in [1.165, 1.54) is 0 Å².